The number of likely N-dealkylation sites (N-methyl/N-ethyl adjacent to an activating group) is 1. The molecule has 0 radical (unpaired) electrons. The highest BCUT2D eigenvalue weighted by Crippen LogP contribution is 2.25. The predicted octanol–water partition coefficient (Wildman–Crippen LogP) is 2.97. The van der Waals surface area contributed by atoms with E-state index < -0.39 is 0 Å². The lowest BCUT2D eigenvalue weighted by molar-refractivity contribution is 0.415. The van der Waals surface area contributed by atoms with Crippen molar-refractivity contribution in [3.8, 4) is 5.75 Å². The Morgan fingerprint density at radius 1 is 1.53 bits per heavy atom. The third-order valence-corrected chi connectivity index (χ3v) is 2.34. The van der Waals surface area contributed by atoms with E-state index in [2.05, 4.69) is 18.3 Å². The molecule has 0 spiro atoms. The molecule has 3 heteroatoms. The summed E-state index contributed by atoms with van der Waals surface area (Å²) in [5.41, 5.74) is 2.35. The molecule has 0 bridgehead atoms. The number of hydrogen-bond donors (Lipinski definition) is 1. The van der Waals surface area contributed by atoms with Gasteiger partial charge in [-0.25, -0.2) is 0 Å². The molecule has 1 N–H and O–H groups in total. The summed E-state index contributed by atoms with van der Waals surface area (Å²) in [6.07, 6.45) is 2.10. The van der Waals surface area contributed by atoms with Gasteiger partial charge in [-0.05, 0) is 31.7 Å². The maximum Gasteiger partial charge on any atom is 0.137 e. The molecule has 2 nitrogen and oxygen atoms in total. The van der Waals surface area contributed by atoms with Crippen LogP contribution in [0.25, 0.3) is 6.08 Å². The molecule has 0 aliphatic heterocycles. The van der Waals surface area contributed by atoms with Gasteiger partial charge in [0, 0.05) is 6.54 Å². The van der Waals surface area contributed by atoms with Gasteiger partial charge >= 0.3 is 0 Å². The van der Waals surface area contributed by atoms with Crippen molar-refractivity contribution >= 4 is 17.7 Å². The van der Waals surface area contributed by atoms with Crippen LogP contribution in [-0.2, 0) is 0 Å². The van der Waals surface area contributed by atoms with E-state index in [1.807, 2.05) is 25.2 Å². The van der Waals surface area contributed by atoms with Crippen LogP contribution in [0.15, 0.2) is 23.8 Å². The summed E-state index contributed by atoms with van der Waals surface area (Å²) in [5.74, 6) is 0.708. The molecule has 0 heterocycles. The highest BCUT2D eigenvalue weighted by Gasteiger charge is 2.00. The van der Waals surface area contributed by atoms with Crippen LogP contribution in [0.5, 0.6) is 5.75 Å². The van der Waals surface area contributed by atoms with Gasteiger partial charge in [-0.2, -0.15) is 0 Å². The summed E-state index contributed by atoms with van der Waals surface area (Å²) in [4.78, 5) is 0. The summed E-state index contributed by atoms with van der Waals surface area (Å²) in [6.45, 7) is 2.96. The molecule has 1 aromatic carbocycles. The third-order valence-electron chi connectivity index (χ3n) is 2.04. The van der Waals surface area contributed by atoms with E-state index >= 15 is 0 Å². The lowest BCUT2D eigenvalue weighted by Gasteiger charge is -2.04. The second kappa shape index (κ2) is 5.79. The van der Waals surface area contributed by atoms with Crippen molar-refractivity contribution in [1.82, 2.24) is 5.32 Å². The first kappa shape index (κ1) is 12.1. The molecule has 0 saturated carbocycles. The molecule has 0 saturated heterocycles. The molecular formula is C12H16ClNO. The second-order valence-corrected chi connectivity index (χ2v) is 3.82. The Bertz CT molecular complexity index is 361. The Balaban J connectivity index is 2.88. The van der Waals surface area contributed by atoms with Crippen molar-refractivity contribution < 1.29 is 4.74 Å². The number of benzene rings is 1. The minimum atomic E-state index is 0.642. The van der Waals surface area contributed by atoms with Gasteiger partial charge in [0.05, 0.1) is 12.1 Å². The van der Waals surface area contributed by atoms with Crippen molar-refractivity contribution in [2.45, 2.75) is 6.92 Å². The standard InChI is InChI=1S/C12H16ClNO/c1-9(8-14-2)6-10-4-5-12(15-3)11(13)7-10/h4-7,14H,8H2,1-3H3. The van der Waals surface area contributed by atoms with Crippen LogP contribution in [0.1, 0.15) is 12.5 Å². The summed E-state index contributed by atoms with van der Waals surface area (Å²) in [7, 11) is 3.54. The van der Waals surface area contributed by atoms with E-state index in [9.17, 15) is 0 Å². The fraction of sp³-hybridized carbons (Fsp3) is 0.333. The van der Waals surface area contributed by atoms with E-state index in [1.165, 1.54) is 5.57 Å². The van der Waals surface area contributed by atoms with Gasteiger partial charge in [0.1, 0.15) is 5.75 Å². The van der Waals surface area contributed by atoms with Crippen LogP contribution in [0, 0.1) is 0 Å². The fourth-order valence-electron chi connectivity index (χ4n) is 1.39. The van der Waals surface area contributed by atoms with Crippen LogP contribution in [0.2, 0.25) is 5.02 Å². The zero-order valence-electron chi connectivity index (χ0n) is 9.30. The minimum absolute atomic E-state index is 0.642. The van der Waals surface area contributed by atoms with E-state index in [1.54, 1.807) is 7.11 Å². The predicted molar refractivity (Wildman–Crippen MR) is 65.6 cm³/mol. The average molecular weight is 226 g/mol. The van der Waals surface area contributed by atoms with Gasteiger partial charge in [-0.15, -0.1) is 0 Å². The maximum atomic E-state index is 6.02. The molecule has 0 aliphatic rings. The fourth-order valence-corrected chi connectivity index (χ4v) is 1.65. The summed E-state index contributed by atoms with van der Waals surface area (Å²) in [6, 6.07) is 5.77. The van der Waals surface area contributed by atoms with E-state index in [-0.39, 0.29) is 0 Å². The SMILES string of the molecule is CNCC(C)=Cc1ccc(OC)c(Cl)c1. The smallest absolute Gasteiger partial charge is 0.137 e. The monoisotopic (exact) mass is 225 g/mol. The Hall–Kier alpha value is -0.990. The summed E-state index contributed by atoms with van der Waals surface area (Å²) < 4.78 is 5.09. The Labute approximate surface area is 95.9 Å². The van der Waals surface area contributed by atoms with Crippen LogP contribution in [0.3, 0.4) is 0 Å². The Morgan fingerprint density at radius 2 is 2.27 bits per heavy atom. The van der Waals surface area contributed by atoms with Gasteiger partial charge in [-0.3, -0.25) is 0 Å². The molecule has 1 aromatic rings. The van der Waals surface area contributed by atoms with E-state index in [0.717, 1.165) is 12.1 Å². The molecule has 0 unspecified atom stereocenters. The Kier molecular flexibility index (Phi) is 4.66. The van der Waals surface area contributed by atoms with Gasteiger partial charge in [-0.1, -0.05) is 29.3 Å². The minimum Gasteiger partial charge on any atom is -0.495 e. The number of ether oxygens (including phenoxy) is 1. The molecule has 1 rings (SSSR count). The molecular weight excluding hydrogens is 210 g/mol. The van der Waals surface area contributed by atoms with Crippen molar-refractivity contribution in [3.63, 3.8) is 0 Å². The summed E-state index contributed by atoms with van der Waals surface area (Å²) in [5, 5.41) is 3.74. The first-order valence-corrected chi connectivity index (χ1v) is 5.20. The van der Waals surface area contributed by atoms with Crippen molar-refractivity contribution in [1.29, 1.82) is 0 Å². The lowest BCUT2D eigenvalue weighted by atomic mass is 10.1. The number of methoxy groups -OCH3 is 1. The first-order chi connectivity index (χ1) is 7.17. The van der Waals surface area contributed by atoms with Gasteiger partial charge < -0.3 is 10.1 Å². The second-order valence-electron chi connectivity index (χ2n) is 3.42. The van der Waals surface area contributed by atoms with Crippen LogP contribution in [0.4, 0.5) is 0 Å². The maximum absolute atomic E-state index is 6.02. The molecule has 82 valence electrons. The van der Waals surface area contributed by atoms with Gasteiger partial charge in [0.15, 0.2) is 0 Å². The molecule has 0 aromatic heterocycles. The molecule has 0 fully saturated rings. The van der Waals surface area contributed by atoms with Crippen molar-refractivity contribution in [3.05, 3.63) is 34.4 Å². The molecule has 0 amide bonds. The number of hydrogen-bond acceptors (Lipinski definition) is 2. The quantitative estimate of drug-likeness (QED) is 0.851. The largest absolute Gasteiger partial charge is 0.495 e. The highest BCUT2D eigenvalue weighted by molar-refractivity contribution is 6.32. The highest BCUT2D eigenvalue weighted by atomic mass is 35.5. The topological polar surface area (TPSA) is 21.3 Å². The third kappa shape index (κ3) is 3.57. The van der Waals surface area contributed by atoms with Gasteiger partial charge in [0.2, 0.25) is 0 Å². The molecule has 15 heavy (non-hydrogen) atoms. The first-order valence-electron chi connectivity index (χ1n) is 4.82. The molecule has 0 atom stereocenters. The van der Waals surface area contributed by atoms with Crippen LogP contribution < -0.4 is 10.1 Å². The molecule has 0 aliphatic carbocycles. The van der Waals surface area contributed by atoms with Gasteiger partial charge in [0.25, 0.3) is 0 Å². The Morgan fingerprint density at radius 3 is 2.80 bits per heavy atom. The van der Waals surface area contributed by atoms with Crippen LogP contribution in [-0.4, -0.2) is 20.7 Å². The normalized spacial score (nSPS) is 11.6. The number of halogens is 1. The average Bonchev–Trinajstić information content (AvgIpc) is 2.18. The number of nitrogens with one attached hydrogen (secondary N) is 1. The van der Waals surface area contributed by atoms with E-state index in [4.69, 9.17) is 16.3 Å². The lowest BCUT2D eigenvalue weighted by Crippen LogP contribution is -2.08. The van der Waals surface area contributed by atoms with E-state index in [0.29, 0.717) is 10.8 Å². The van der Waals surface area contributed by atoms with Crippen molar-refractivity contribution in [2.75, 3.05) is 20.7 Å². The number of rotatable bonds is 4. The zero-order chi connectivity index (χ0) is 11.3. The van der Waals surface area contributed by atoms with Crippen LogP contribution >= 0.6 is 11.6 Å². The summed E-state index contributed by atoms with van der Waals surface area (Å²) >= 11 is 6.02. The van der Waals surface area contributed by atoms with Crippen molar-refractivity contribution in [2.24, 2.45) is 0 Å². The zero-order valence-corrected chi connectivity index (χ0v) is 10.1.